The molecule has 0 heterocycles. The van der Waals surface area contributed by atoms with Crippen LogP contribution in [0.25, 0.3) is 10.8 Å². The zero-order valence-electron chi connectivity index (χ0n) is 17.7. The van der Waals surface area contributed by atoms with Crippen LogP contribution in [-0.4, -0.2) is 0 Å². The molecular formula is C28H31F. The molecule has 0 amide bonds. The first-order valence-corrected chi connectivity index (χ1v) is 11.0. The largest absolute Gasteiger partial charge is 0.205 e. The topological polar surface area (TPSA) is 0 Å². The van der Waals surface area contributed by atoms with E-state index in [0.29, 0.717) is 10.9 Å². The van der Waals surface area contributed by atoms with E-state index in [2.05, 4.69) is 50.0 Å². The van der Waals surface area contributed by atoms with Gasteiger partial charge in [0, 0.05) is 10.9 Å². The lowest BCUT2D eigenvalue weighted by molar-refractivity contribution is 0.636. The number of hydrogen-bond donors (Lipinski definition) is 0. The summed E-state index contributed by atoms with van der Waals surface area (Å²) in [6, 6.07) is 18.2. The molecule has 3 aromatic carbocycles. The molecule has 0 saturated carbocycles. The summed E-state index contributed by atoms with van der Waals surface area (Å²) in [5.74, 6) is 5.92. The Labute approximate surface area is 175 Å². The maximum Gasteiger partial charge on any atom is 0.146 e. The molecule has 0 spiro atoms. The Balaban J connectivity index is 1.74. The molecule has 1 heteroatoms. The molecule has 0 unspecified atom stereocenters. The number of halogens is 1. The van der Waals surface area contributed by atoms with E-state index in [1.165, 1.54) is 49.7 Å². The van der Waals surface area contributed by atoms with Gasteiger partial charge in [-0.2, -0.15) is 0 Å². The number of aryl methyl sites for hydroxylation is 2. The van der Waals surface area contributed by atoms with Gasteiger partial charge in [-0.1, -0.05) is 87.8 Å². The summed E-state index contributed by atoms with van der Waals surface area (Å²) in [4.78, 5) is 0. The Kier molecular flexibility index (Phi) is 7.88. The smallest absolute Gasteiger partial charge is 0.146 e. The number of fused-ring (bicyclic) bond motifs is 1. The van der Waals surface area contributed by atoms with Crippen molar-refractivity contribution >= 4 is 10.8 Å². The highest BCUT2D eigenvalue weighted by atomic mass is 19.1. The van der Waals surface area contributed by atoms with Crippen molar-refractivity contribution in [3.8, 4) is 11.8 Å². The predicted molar refractivity (Wildman–Crippen MR) is 123 cm³/mol. The molecule has 0 bridgehead atoms. The second-order valence-corrected chi connectivity index (χ2v) is 7.84. The maximum absolute atomic E-state index is 14.9. The van der Waals surface area contributed by atoms with Crippen LogP contribution in [0.3, 0.4) is 0 Å². The maximum atomic E-state index is 14.9. The second kappa shape index (κ2) is 10.8. The predicted octanol–water partition coefficient (Wildman–Crippen LogP) is 7.84. The van der Waals surface area contributed by atoms with E-state index >= 15 is 0 Å². The molecule has 0 N–H and O–H groups in total. The van der Waals surface area contributed by atoms with Crippen molar-refractivity contribution in [3.05, 3.63) is 82.7 Å². The molecule has 0 nitrogen and oxygen atoms in total. The fraction of sp³-hybridized carbons (Fsp3) is 0.357. The van der Waals surface area contributed by atoms with Gasteiger partial charge in [-0.15, -0.1) is 0 Å². The minimum Gasteiger partial charge on any atom is -0.205 e. The van der Waals surface area contributed by atoms with Crippen LogP contribution in [0.1, 0.15) is 74.6 Å². The first-order chi connectivity index (χ1) is 14.2. The Morgan fingerprint density at radius 3 is 2.03 bits per heavy atom. The van der Waals surface area contributed by atoms with E-state index in [9.17, 15) is 4.39 Å². The van der Waals surface area contributed by atoms with E-state index in [-0.39, 0.29) is 5.82 Å². The third-order valence-corrected chi connectivity index (χ3v) is 5.45. The van der Waals surface area contributed by atoms with Crippen molar-refractivity contribution < 1.29 is 4.39 Å². The molecule has 0 aliphatic heterocycles. The van der Waals surface area contributed by atoms with Gasteiger partial charge >= 0.3 is 0 Å². The average Bonchev–Trinajstić information content (AvgIpc) is 2.75. The van der Waals surface area contributed by atoms with Gasteiger partial charge in [0.25, 0.3) is 0 Å². The van der Waals surface area contributed by atoms with Gasteiger partial charge in [-0.25, -0.2) is 4.39 Å². The third kappa shape index (κ3) is 5.94. The van der Waals surface area contributed by atoms with Crippen molar-refractivity contribution in [2.75, 3.05) is 0 Å². The molecule has 0 aromatic heterocycles. The van der Waals surface area contributed by atoms with E-state index in [0.717, 1.165) is 23.8 Å². The van der Waals surface area contributed by atoms with Crippen LogP contribution < -0.4 is 0 Å². The van der Waals surface area contributed by atoms with Crippen molar-refractivity contribution in [3.63, 3.8) is 0 Å². The van der Waals surface area contributed by atoms with Crippen LogP contribution in [0.5, 0.6) is 0 Å². The molecular weight excluding hydrogens is 355 g/mol. The van der Waals surface area contributed by atoms with Crippen LogP contribution in [0.4, 0.5) is 4.39 Å². The molecule has 0 fully saturated rings. The zero-order chi connectivity index (χ0) is 20.5. The lowest BCUT2D eigenvalue weighted by Crippen LogP contribution is -1.90. The van der Waals surface area contributed by atoms with E-state index in [4.69, 9.17) is 0 Å². The molecule has 0 aliphatic rings. The highest BCUT2D eigenvalue weighted by Crippen LogP contribution is 2.23. The van der Waals surface area contributed by atoms with E-state index in [1.807, 2.05) is 24.3 Å². The monoisotopic (exact) mass is 386 g/mol. The molecule has 3 rings (SSSR count). The van der Waals surface area contributed by atoms with Gasteiger partial charge in [0.05, 0.1) is 5.56 Å². The fourth-order valence-electron chi connectivity index (χ4n) is 3.65. The Morgan fingerprint density at radius 2 is 1.34 bits per heavy atom. The Morgan fingerprint density at radius 1 is 0.690 bits per heavy atom. The number of rotatable bonds is 8. The minimum atomic E-state index is -0.216. The first-order valence-electron chi connectivity index (χ1n) is 11.0. The van der Waals surface area contributed by atoms with Crippen molar-refractivity contribution in [1.29, 1.82) is 0 Å². The summed E-state index contributed by atoms with van der Waals surface area (Å²) >= 11 is 0. The fourth-order valence-corrected chi connectivity index (χ4v) is 3.65. The SMILES string of the molecule is CCCCCc1ccc(C#Cc2ccc3cc(CCCCC)ccc3c2F)cc1. The van der Waals surface area contributed by atoms with Crippen molar-refractivity contribution in [2.24, 2.45) is 0 Å². The van der Waals surface area contributed by atoms with Crippen molar-refractivity contribution in [1.82, 2.24) is 0 Å². The van der Waals surface area contributed by atoms with Gasteiger partial charge in [-0.05, 0) is 60.4 Å². The second-order valence-electron chi connectivity index (χ2n) is 7.84. The number of hydrogen-bond acceptors (Lipinski definition) is 0. The Hall–Kier alpha value is -2.59. The summed E-state index contributed by atoms with van der Waals surface area (Å²) in [6.45, 7) is 4.43. The summed E-state index contributed by atoms with van der Waals surface area (Å²) in [6.07, 6.45) is 9.54. The minimum absolute atomic E-state index is 0.216. The van der Waals surface area contributed by atoms with Crippen molar-refractivity contribution in [2.45, 2.75) is 65.2 Å². The highest BCUT2D eigenvalue weighted by molar-refractivity contribution is 5.85. The lowest BCUT2D eigenvalue weighted by atomic mass is 10.0. The molecule has 0 radical (unpaired) electrons. The van der Waals surface area contributed by atoms with Gasteiger partial charge in [-0.3, -0.25) is 0 Å². The summed E-state index contributed by atoms with van der Waals surface area (Å²) in [5.41, 5.74) is 4.01. The average molecular weight is 387 g/mol. The third-order valence-electron chi connectivity index (χ3n) is 5.45. The lowest BCUT2D eigenvalue weighted by Gasteiger charge is -2.06. The van der Waals surface area contributed by atoms with Gasteiger partial charge in [0.1, 0.15) is 5.82 Å². The molecule has 0 aliphatic carbocycles. The summed E-state index contributed by atoms with van der Waals surface area (Å²) in [5, 5.41) is 1.61. The number of unbranched alkanes of at least 4 members (excludes halogenated alkanes) is 4. The van der Waals surface area contributed by atoms with Crippen LogP contribution in [0, 0.1) is 17.7 Å². The first kappa shape index (κ1) is 21.1. The van der Waals surface area contributed by atoms with Gasteiger partial charge in [0.2, 0.25) is 0 Å². The molecule has 150 valence electrons. The molecule has 29 heavy (non-hydrogen) atoms. The van der Waals surface area contributed by atoms with E-state index in [1.54, 1.807) is 6.07 Å². The van der Waals surface area contributed by atoms with Crippen LogP contribution in [0.15, 0.2) is 54.6 Å². The quantitative estimate of drug-likeness (QED) is 0.273. The van der Waals surface area contributed by atoms with Crippen LogP contribution in [-0.2, 0) is 12.8 Å². The van der Waals surface area contributed by atoms with Gasteiger partial charge < -0.3 is 0 Å². The standard InChI is InChI=1S/C28H31F/c1-3-5-7-9-22-11-13-23(14-12-22)15-17-25-18-19-26-21-24(10-8-6-4-2)16-20-27(26)28(25)29/h11-14,16,18-21H,3-10H2,1-2H3. The summed E-state index contributed by atoms with van der Waals surface area (Å²) < 4.78 is 14.9. The number of benzene rings is 3. The summed E-state index contributed by atoms with van der Waals surface area (Å²) in [7, 11) is 0. The molecule has 0 saturated heterocycles. The van der Waals surface area contributed by atoms with Gasteiger partial charge in [0.15, 0.2) is 0 Å². The molecule has 0 atom stereocenters. The molecule has 3 aromatic rings. The highest BCUT2D eigenvalue weighted by Gasteiger charge is 2.06. The van der Waals surface area contributed by atoms with Crippen LogP contribution >= 0.6 is 0 Å². The van der Waals surface area contributed by atoms with E-state index < -0.39 is 0 Å². The van der Waals surface area contributed by atoms with Crippen LogP contribution in [0.2, 0.25) is 0 Å². The normalized spacial score (nSPS) is 10.7. The Bertz CT molecular complexity index is 986. The zero-order valence-corrected chi connectivity index (χ0v) is 17.7.